The monoisotopic (exact) mass is 834 g/mol. The number of anilines is 6. The van der Waals surface area contributed by atoms with E-state index in [-0.39, 0.29) is 0 Å². The molecule has 0 amide bonds. The van der Waals surface area contributed by atoms with Gasteiger partial charge in [0.25, 0.3) is 0 Å². The van der Waals surface area contributed by atoms with Gasteiger partial charge in [0.1, 0.15) is 0 Å². The number of rotatable bonds is 9. The van der Waals surface area contributed by atoms with Crippen LogP contribution >= 0.6 is 12.6 Å². The molecule has 8 heteroatoms. The Morgan fingerprint density at radius 1 is 0.407 bits per heavy atom. The van der Waals surface area contributed by atoms with Crippen LogP contribution in [0.4, 0.5) is 34.1 Å². The SMILES string of the molecule is C[Si](C)(C)c1cc(S)cc(N(c2ccc(C#N)cc2)c2ccc3ccc4c(N(c5ccc(C#N)cc5)c5cc([Si](C)(C)C)cc([Si](C)(C)C)c5)ccc5ccc2c3c54)c1. The van der Waals surface area contributed by atoms with E-state index >= 15 is 0 Å². The zero-order chi connectivity index (χ0) is 42.0. The summed E-state index contributed by atoms with van der Waals surface area (Å²) in [5, 5.41) is 30.8. The molecular weight excluding hydrogens is 785 g/mol. The summed E-state index contributed by atoms with van der Waals surface area (Å²) in [5.41, 5.74) is 7.63. The van der Waals surface area contributed by atoms with Crippen LogP contribution in [0.5, 0.6) is 0 Å². The number of hydrogen-bond donors (Lipinski definition) is 1. The minimum Gasteiger partial charge on any atom is -0.310 e. The fourth-order valence-electron chi connectivity index (χ4n) is 8.15. The topological polar surface area (TPSA) is 54.1 Å². The van der Waals surface area contributed by atoms with Gasteiger partial charge in [0.2, 0.25) is 0 Å². The van der Waals surface area contributed by atoms with E-state index in [0.29, 0.717) is 11.1 Å². The van der Waals surface area contributed by atoms with E-state index in [4.69, 9.17) is 12.6 Å². The van der Waals surface area contributed by atoms with Crippen molar-refractivity contribution in [3.05, 3.63) is 145 Å². The maximum Gasteiger partial charge on any atom is 0.0991 e. The van der Waals surface area contributed by atoms with Crippen LogP contribution in [-0.4, -0.2) is 24.2 Å². The zero-order valence-electron chi connectivity index (χ0n) is 35.4. The summed E-state index contributed by atoms with van der Waals surface area (Å²) >= 11 is 4.94. The molecule has 0 unspecified atom stereocenters. The van der Waals surface area contributed by atoms with Crippen LogP contribution in [0.3, 0.4) is 0 Å². The van der Waals surface area contributed by atoms with Crippen LogP contribution < -0.4 is 25.4 Å². The van der Waals surface area contributed by atoms with Gasteiger partial charge < -0.3 is 9.80 Å². The van der Waals surface area contributed by atoms with Gasteiger partial charge >= 0.3 is 0 Å². The van der Waals surface area contributed by atoms with Gasteiger partial charge in [-0.15, -0.1) is 12.6 Å². The number of nitrogens with zero attached hydrogens (tertiary/aromatic N) is 4. The van der Waals surface area contributed by atoms with Crippen LogP contribution in [-0.2, 0) is 0 Å². The Hall–Kier alpha value is -5.62. The van der Waals surface area contributed by atoms with E-state index in [1.807, 2.05) is 36.4 Å². The molecule has 8 aromatic rings. The molecule has 0 aliphatic rings. The van der Waals surface area contributed by atoms with E-state index in [9.17, 15) is 10.5 Å². The van der Waals surface area contributed by atoms with Gasteiger partial charge in [-0.2, -0.15) is 10.5 Å². The molecular formula is C51H50N4SSi3. The van der Waals surface area contributed by atoms with E-state index in [1.165, 1.54) is 42.5 Å². The molecule has 292 valence electrons. The lowest BCUT2D eigenvalue weighted by Crippen LogP contribution is -2.45. The van der Waals surface area contributed by atoms with Crippen molar-refractivity contribution in [2.24, 2.45) is 0 Å². The van der Waals surface area contributed by atoms with Gasteiger partial charge in [0, 0.05) is 38.4 Å². The third kappa shape index (κ3) is 7.59. The summed E-state index contributed by atoms with van der Waals surface area (Å²) in [4.78, 5) is 5.68. The number of hydrogen-bond acceptors (Lipinski definition) is 5. The maximum absolute atomic E-state index is 9.77. The Bertz CT molecular complexity index is 2950. The largest absolute Gasteiger partial charge is 0.310 e. The number of nitriles is 2. The summed E-state index contributed by atoms with van der Waals surface area (Å²) in [5.74, 6) is 0. The second kappa shape index (κ2) is 14.9. The van der Waals surface area contributed by atoms with Crippen molar-refractivity contribution in [2.45, 2.75) is 63.8 Å². The summed E-state index contributed by atoms with van der Waals surface area (Å²) in [6.45, 7) is 21.7. The lowest BCUT2D eigenvalue weighted by Gasteiger charge is -2.32. The van der Waals surface area contributed by atoms with Crippen LogP contribution in [0.25, 0.3) is 32.3 Å². The van der Waals surface area contributed by atoms with E-state index in [2.05, 4.69) is 178 Å². The maximum atomic E-state index is 9.77. The molecule has 8 aromatic carbocycles. The van der Waals surface area contributed by atoms with Crippen molar-refractivity contribution in [3.63, 3.8) is 0 Å². The first-order valence-electron chi connectivity index (χ1n) is 20.3. The highest BCUT2D eigenvalue weighted by atomic mass is 32.1. The fourth-order valence-corrected chi connectivity index (χ4v) is 12.2. The standard InChI is InChI=1S/C51H50N4SSi3/c1-57(2,3)43-27-40(26-42(56)30-43)54(38-18-10-34(32-52)11-19-38)48-24-16-36-15-23-47-49(25-17-37-14-22-46(48)50(36)51(37)47)55(39-20-12-35(33-53)13-21-39)41-28-44(58(4,5)6)31-45(29-41)59(7,8)9/h10-31,56H,1-9H3. The van der Waals surface area contributed by atoms with Gasteiger partial charge in [0.15, 0.2) is 0 Å². The first-order valence-corrected chi connectivity index (χ1v) is 31.2. The average Bonchev–Trinajstić information content (AvgIpc) is 3.20. The third-order valence-corrected chi connectivity index (χ3v) is 17.9. The highest BCUT2D eigenvalue weighted by molar-refractivity contribution is 7.80. The van der Waals surface area contributed by atoms with Crippen LogP contribution in [0.15, 0.2) is 138 Å². The zero-order valence-corrected chi connectivity index (χ0v) is 39.3. The third-order valence-electron chi connectivity index (χ3n) is 11.5. The molecule has 0 N–H and O–H groups in total. The van der Waals surface area contributed by atoms with Gasteiger partial charge in [0.05, 0.1) is 58.9 Å². The van der Waals surface area contributed by atoms with Crippen molar-refractivity contribution in [3.8, 4) is 12.1 Å². The van der Waals surface area contributed by atoms with E-state index < -0.39 is 24.2 Å². The Morgan fingerprint density at radius 3 is 1.14 bits per heavy atom. The molecule has 0 aliphatic heterocycles. The Kier molecular flexibility index (Phi) is 10.1. The van der Waals surface area contributed by atoms with Gasteiger partial charge in [-0.3, -0.25) is 0 Å². The Morgan fingerprint density at radius 2 is 0.763 bits per heavy atom. The first kappa shape index (κ1) is 40.2. The minimum absolute atomic E-state index is 0.626. The molecule has 0 saturated carbocycles. The van der Waals surface area contributed by atoms with E-state index in [1.54, 1.807) is 0 Å². The normalized spacial score (nSPS) is 12.2. The molecule has 8 rings (SSSR count). The Balaban J connectivity index is 1.42. The fraction of sp³-hybridized carbons (Fsp3) is 0.176. The molecule has 0 aromatic heterocycles. The van der Waals surface area contributed by atoms with Crippen molar-refractivity contribution in [2.75, 3.05) is 9.80 Å². The highest BCUT2D eigenvalue weighted by Gasteiger charge is 2.27. The molecule has 0 aliphatic carbocycles. The predicted octanol–water partition coefficient (Wildman–Crippen LogP) is 13.2. The number of thiol groups is 1. The minimum atomic E-state index is -1.71. The van der Waals surface area contributed by atoms with Crippen LogP contribution in [0.2, 0.25) is 58.9 Å². The smallest absolute Gasteiger partial charge is 0.0991 e. The summed E-state index contributed by atoms with van der Waals surface area (Å²) < 4.78 is 0. The van der Waals surface area contributed by atoms with Crippen molar-refractivity contribution >= 4 is 119 Å². The van der Waals surface area contributed by atoms with E-state index in [0.717, 1.165) is 44.4 Å². The van der Waals surface area contributed by atoms with Gasteiger partial charge in [-0.25, -0.2) is 0 Å². The van der Waals surface area contributed by atoms with Crippen LogP contribution in [0.1, 0.15) is 11.1 Å². The molecule has 0 fully saturated rings. The molecule has 0 saturated heterocycles. The predicted molar refractivity (Wildman–Crippen MR) is 265 cm³/mol. The quantitative estimate of drug-likeness (QED) is 0.0894. The molecule has 0 radical (unpaired) electrons. The molecule has 4 nitrogen and oxygen atoms in total. The van der Waals surface area contributed by atoms with Crippen molar-refractivity contribution in [1.82, 2.24) is 0 Å². The lowest BCUT2D eigenvalue weighted by molar-refractivity contribution is 1.28. The van der Waals surface area contributed by atoms with Crippen LogP contribution in [0, 0.1) is 22.7 Å². The Labute approximate surface area is 357 Å². The molecule has 0 heterocycles. The molecule has 0 spiro atoms. The average molecular weight is 835 g/mol. The lowest BCUT2D eigenvalue weighted by atomic mass is 9.91. The van der Waals surface area contributed by atoms with Crippen molar-refractivity contribution in [1.29, 1.82) is 10.5 Å². The summed E-state index contributed by atoms with van der Waals surface area (Å²) in [7, 11) is -5.13. The van der Waals surface area contributed by atoms with Gasteiger partial charge in [-0.1, -0.05) is 117 Å². The number of benzene rings is 8. The van der Waals surface area contributed by atoms with Gasteiger partial charge in [-0.05, 0) is 113 Å². The molecule has 0 bridgehead atoms. The second-order valence-electron chi connectivity index (χ2n) is 18.8. The van der Waals surface area contributed by atoms with Crippen molar-refractivity contribution < 1.29 is 0 Å². The highest BCUT2D eigenvalue weighted by Crippen LogP contribution is 2.47. The second-order valence-corrected chi connectivity index (χ2v) is 34.6. The molecule has 0 atom stereocenters. The summed E-state index contributed by atoms with van der Waals surface area (Å²) in [6.07, 6.45) is 0. The summed E-state index contributed by atoms with van der Waals surface area (Å²) in [6, 6.07) is 52.7. The molecule has 59 heavy (non-hydrogen) atoms. The first-order chi connectivity index (χ1) is 27.9.